The summed E-state index contributed by atoms with van der Waals surface area (Å²) in [5.74, 6) is -0.358. The molecule has 0 fully saturated rings. The molecule has 0 spiro atoms. The van der Waals surface area contributed by atoms with Crippen molar-refractivity contribution >= 4 is 6.21 Å². The molecule has 103 valence electrons. The van der Waals surface area contributed by atoms with Crippen molar-refractivity contribution in [3.05, 3.63) is 71.0 Å². The van der Waals surface area contributed by atoms with Gasteiger partial charge < -0.3 is 4.84 Å². The lowest BCUT2D eigenvalue weighted by Crippen LogP contribution is -1.90. The lowest BCUT2D eigenvalue weighted by atomic mass is 10.1. The average Bonchev–Trinajstić information content (AvgIpc) is 2.44. The van der Waals surface area contributed by atoms with E-state index in [1.165, 1.54) is 30.3 Å². The highest BCUT2D eigenvalue weighted by molar-refractivity contribution is 5.79. The van der Waals surface area contributed by atoms with Crippen LogP contribution in [0.5, 0.6) is 0 Å². The molecule has 0 aliphatic heterocycles. The number of alkyl halides is 2. The number of rotatable bonds is 5. The highest BCUT2D eigenvalue weighted by atomic mass is 19.3. The quantitative estimate of drug-likeness (QED) is 0.593. The van der Waals surface area contributed by atoms with Gasteiger partial charge in [0.15, 0.2) is 0 Å². The second kappa shape index (κ2) is 6.75. The fourth-order valence-corrected chi connectivity index (χ4v) is 1.56. The zero-order valence-electron chi connectivity index (χ0n) is 10.4. The smallest absolute Gasteiger partial charge is 0.263 e. The molecule has 20 heavy (non-hydrogen) atoms. The molecule has 5 heteroatoms. The molecule has 2 rings (SSSR count). The molecule has 0 aliphatic carbocycles. The van der Waals surface area contributed by atoms with E-state index < -0.39 is 6.43 Å². The molecule has 0 aromatic heterocycles. The maximum atomic E-state index is 12.9. The fourth-order valence-electron chi connectivity index (χ4n) is 1.56. The summed E-state index contributed by atoms with van der Waals surface area (Å²) in [4.78, 5) is 4.94. The molecule has 0 aliphatic rings. The van der Waals surface area contributed by atoms with Crippen LogP contribution in [0.25, 0.3) is 0 Å². The van der Waals surface area contributed by atoms with Crippen molar-refractivity contribution in [1.29, 1.82) is 0 Å². The molecule has 0 saturated heterocycles. The molecule has 2 aromatic carbocycles. The summed E-state index contributed by atoms with van der Waals surface area (Å²) >= 11 is 0. The summed E-state index contributed by atoms with van der Waals surface area (Å²) in [6, 6.07) is 11.6. The summed E-state index contributed by atoms with van der Waals surface area (Å²) in [7, 11) is 0. The molecule has 0 amide bonds. The normalized spacial score (nSPS) is 11.2. The fraction of sp³-hybridized carbons (Fsp3) is 0.133. The van der Waals surface area contributed by atoms with E-state index in [-0.39, 0.29) is 18.0 Å². The van der Waals surface area contributed by atoms with Gasteiger partial charge in [-0.3, -0.25) is 0 Å². The first-order chi connectivity index (χ1) is 9.65. The Balaban J connectivity index is 1.92. The standard InChI is InChI=1S/C15H11F3NO/c16-14-6-2-4-12(8-14)10-20-19-9-11-3-1-5-13(7-11)15(17)18/h1-8,15H,10H2. The lowest BCUT2D eigenvalue weighted by Gasteiger charge is -2.01. The third kappa shape index (κ3) is 4.12. The molecule has 0 saturated carbocycles. The Hall–Kier alpha value is -2.30. The molecule has 0 bridgehead atoms. The SMILES string of the molecule is Fc1cccc(CO/N=[C]\c2cccc(C(F)F)c2)c1. The summed E-state index contributed by atoms with van der Waals surface area (Å²) in [5.41, 5.74) is 0.911. The van der Waals surface area contributed by atoms with Crippen molar-refractivity contribution in [3.8, 4) is 0 Å². The van der Waals surface area contributed by atoms with Crippen LogP contribution in [0.1, 0.15) is 23.1 Å². The molecular formula is C15H11F3NO. The Morgan fingerprint density at radius 1 is 1.10 bits per heavy atom. The molecule has 0 heterocycles. The van der Waals surface area contributed by atoms with Crippen molar-refractivity contribution in [1.82, 2.24) is 0 Å². The van der Waals surface area contributed by atoms with Crippen LogP contribution >= 0.6 is 0 Å². The zero-order chi connectivity index (χ0) is 14.4. The van der Waals surface area contributed by atoms with Crippen LogP contribution in [0.2, 0.25) is 0 Å². The van der Waals surface area contributed by atoms with Crippen LogP contribution in [0.15, 0.2) is 53.7 Å². The van der Waals surface area contributed by atoms with Crippen molar-refractivity contribution in [2.24, 2.45) is 5.16 Å². The molecule has 0 atom stereocenters. The van der Waals surface area contributed by atoms with E-state index >= 15 is 0 Å². The third-order valence-corrected chi connectivity index (χ3v) is 2.50. The summed E-state index contributed by atoms with van der Waals surface area (Å²) in [6.45, 7) is 0.0826. The van der Waals surface area contributed by atoms with Crippen LogP contribution in [0.4, 0.5) is 13.2 Å². The van der Waals surface area contributed by atoms with Crippen molar-refractivity contribution < 1.29 is 18.0 Å². The van der Waals surface area contributed by atoms with E-state index in [0.717, 1.165) is 0 Å². The predicted octanol–water partition coefficient (Wildman–Crippen LogP) is 4.19. The topological polar surface area (TPSA) is 21.6 Å². The van der Waals surface area contributed by atoms with E-state index in [4.69, 9.17) is 4.84 Å². The van der Waals surface area contributed by atoms with E-state index in [9.17, 15) is 13.2 Å². The predicted molar refractivity (Wildman–Crippen MR) is 69.1 cm³/mol. The van der Waals surface area contributed by atoms with Gasteiger partial charge in [-0.1, -0.05) is 35.5 Å². The van der Waals surface area contributed by atoms with Gasteiger partial charge in [0, 0.05) is 11.1 Å². The van der Waals surface area contributed by atoms with Crippen molar-refractivity contribution in [2.45, 2.75) is 13.0 Å². The number of hydrogen-bond acceptors (Lipinski definition) is 2. The van der Waals surface area contributed by atoms with Crippen LogP contribution < -0.4 is 0 Å². The minimum Gasteiger partial charge on any atom is -0.390 e. The first kappa shape index (κ1) is 14.1. The van der Waals surface area contributed by atoms with Gasteiger partial charge in [0.2, 0.25) is 0 Å². The Kier molecular flexibility index (Phi) is 4.76. The van der Waals surface area contributed by atoms with Crippen LogP contribution in [0.3, 0.4) is 0 Å². The van der Waals surface area contributed by atoms with E-state index in [1.54, 1.807) is 18.2 Å². The van der Waals surface area contributed by atoms with Crippen LogP contribution in [-0.4, -0.2) is 6.21 Å². The second-order valence-electron chi connectivity index (χ2n) is 4.03. The zero-order valence-corrected chi connectivity index (χ0v) is 10.4. The maximum absolute atomic E-state index is 12.9. The van der Waals surface area contributed by atoms with Gasteiger partial charge in [-0.15, -0.1) is 0 Å². The molecular weight excluding hydrogens is 267 g/mol. The Morgan fingerprint density at radius 3 is 2.65 bits per heavy atom. The minimum absolute atomic E-state index is 0.0826. The Labute approximate surface area is 114 Å². The minimum atomic E-state index is -2.54. The Bertz CT molecular complexity index is 599. The van der Waals surface area contributed by atoms with Crippen molar-refractivity contribution in [2.75, 3.05) is 0 Å². The number of halogens is 3. The van der Waals surface area contributed by atoms with Crippen LogP contribution in [-0.2, 0) is 11.4 Å². The molecule has 0 N–H and O–H groups in total. The van der Waals surface area contributed by atoms with Gasteiger partial charge in [0.1, 0.15) is 18.6 Å². The van der Waals surface area contributed by atoms with Gasteiger partial charge in [0.25, 0.3) is 6.43 Å². The highest BCUT2D eigenvalue weighted by Crippen LogP contribution is 2.18. The van der Waals surface area contributed by atoms with Crippen LogP contribution in [0, 0.1) is 5.82 Å². The lowest BCUT2D eigenvalue weighted by molar-refractivity contribution is 0.132. The first-order valence-corrected chi connectivity index (χ1v) is 5.86. The average molecular weight is 278 g/mol. The van der Waals surface area contributed by atoms with Gasteiger partial charge in [-0.2, -0.15) is 0 Å². The summed E-state index contributed by atoms with van der Waals surface area (Å²) in [5, 5.41) is 3.55. The largest absolute Gasteiger partial charge is 0.390 e. The number of nitrogens with zero attached hydrogens (tertiary/aromatic N) is 1. The Morgan fingerprint density at radius 2 is 1.90 bits per heavy atom. The number of benzene rings is 2. The summed E-state index contributed by atoms with van der Waals surface area (Å²) in [6.07, 6.45) is -0.0366. The molecule has 1 radical (unpaired) electrons. The monoisotopic (exact) mass is 278 g/mol. The maximum Gasteiger partial charge on any atom is 0.263 e. The van der Waals surface area contributed by atoms with E-state index in [0.29, 0.717) is 11.1 Å². The van der Waals surface area contributed by atoms with Gasteiger partial charge in [0.05, 0.1) is 0 Å². The van der Waals surface area contributed by atoms with Gasteiger partial charge >= 0.3 is 0 Å². The van der Waals surface area contributed by atoms with Gasteiger partial charge in [-0.05, 0) is 23.8 Å². The molecule has 0 unspecified atom stereocenters. The van der Waals surface area contributed by atoms with E-state index in [1.807, 2.05) is 0 Å². The van der Waals surface area contributed by atoms with Gasteiger partial charge in [-0.25, -0.2) is 13.2 Å². The summed E-state index contributed by atoms with van der Waals surface area (Å²) < 4.78 is 37.8. The second-order valence-corrected chi connectivity index (χ2v) is 4.03. The molecule has 2 nitrogen and oxygen atoms in total. The van der Waals surface area contributed by atoms with Crippen molar-refractivity contribution in [3.63, 3.8) is 0 Å². The third-order valence-electron chi connectivity index (χ3n) is 2.50. The highest BCUT2D eigenvalue weighted by Gasteiger charge is 2.06. The molecule has 2 aromatic rings. The van der Waals surface area contributed by atoms with E-state index in [2.05, 4.69) is 11.4 Å². The number of hydrogen-bond donors (Lipinski definition) is 0. The first-order valence-electron chi connectivity index (χ1n) is 5.86.